The normalized spacial score (nSPS) is 10.9. The molecule has 0 spiro atoms. The van der Waals surface area contributed by atoms with Crippen LogP contribution in [0.15, 0.2) is 47.6 Å². The van der Waals surface area contributed by atoms with Gasteiger partial charge in [-0.15, -0.1) is 0 Å². The number of hydrogen-bond acceptors (Lipinski definition) is 4. The lowest BCUT2D eigenvalue weighted by Gasteiger charge is -2.10. The zero-order chi connectivity index (χ0) is 19.8. The van der Waals surface area contributed by atoms with Crippen LogP contribution in [0.2, 0.25) is 5.02 Å². The van der Waals surface area contributed by atoms with Gasteiger partial charge in [0.05, 0.1) is 6.21 Å². The second kappa shape index (κ2) is 9.68. The molecule has 0 fully saturated rings. The minimum atomic E-state index is -0.893. The van der Waals surface area contributed by atoms with Gasteiger partial charge in [0, 0.05) is 22.2 Å². The average Bonchev–Trinajstić information content (AvgIpc) is 2.61. The first-order chi connectivity index (χ1) is 12.9. The number of hydrogen-bond donors (Lipinski definition) is 2. The molecule has 6 nitrogen and oxygen atoms in total. The van der Waals surface area contributed by atoms with Crippen molar-refractivity contribution >= 4 is 29.6 Å². The van der Waals surface area contributed by atoms with Crippen molar-refractivity contribution in [2.45, 2.75) is 26.5 Å². The molecule has 8 heteroatoms. The Bertz CT molecular complexity index is 856. The Morgan fingerprint density at radius 2 is 1.96 bits per heavy atom. The third-order valence-corrected chi connectivity index (χ3v) is 3.54. The number of ether oxygens (including phenoxy) is 1. The lowest BCUT2D eigenvalue weighted by molar-refractivity contribution is -0.139. The third kappa shape index (κ3) is 6.38. The molecule has 2 N–H and O–H groups in total. The van der Waals surface area contributed by atoms with E-state index in [1.165, 1.54) is 12.3 Å². The monoisotopic (exact) mass is 391 g/mol. The van der Waals surface area contributed by atoms with E-state index in [9.17, 15) is 14.0 Å². The minimum absolute atomic E-state index is 0.0122. The third-order valence-electron chi connectivity index (χ3n) is 3.31. The van der Waals surface area contributed by atoms with Gasteiger partial charge in [-0.25, -0.2) is 9.82 Å². The van der Waals surface area contributed by atoms with Crippen LogP contribution in [0.1, 0.15) is 25.0 Å². The molecule has 27 heavy (non-hydrogen) atoms. The summed E-state index contributed by atoms with van der Waals surface area (Å²) in [5.41, 5.74) is 2.98. The Kier molecular flexibility index (Phi) is 7.31. The van der Waals surface area contributed by atoms with Gasteiger partial charge in [-0.2, -0.15) is 5.10 Å². The fourth-order valence-electron chi connectivity index (χ4n) is 2.06. The fraction of sp³-hybridized carbons (Fsp3) is 0.211. The van der Waals surface area contributed by atoms with Crippen LogP contribution in [0.5, 0.6) is 5.75 Å². The van der Waals surface area contributed by atoms with Gasteiger partial charge in [0.15, 0.2) is 0 Å². The molecule has 0 aliphatic heterocycles. The quantitative estimate of drug-likeness (QED) is 0.451. The summed E-state index contributed by atoms with van der Waals surface area (Å²) >= 11 is 5.98. The van der Waals surface area contributed by atoms with Crippen LogP contribution < -0.4 is 15.5 Å². The van der Waals surface area contributed by atoms with E-state index in [4.69, 9.17) is 16.3 Å². The number of halogens is 2. The lowest BCUT2D eigenvalue weighted by atomic mass is 10.2. The van der Waals surface area contributed by atoms with Crippen molar-refractivity contribution in [1.82, 2.24) is 10.7 Å². The lowest BCUT2D eigenvalue weighted by Crippen LogP contribution is -2.41. The summed E-state index contributed by atoms with van der Waals surface area (Å²) in [5, 5.41) is 6.62. The van der Waals surface area contributed by atoms with E-state index in [1.807, 2.05) is 0 Å². The maximum Gasteiger partial charge on any atom is 0.329 e. The maximum absolute atomic E-state index is 13.7. The molecule has 2 aromatic carbocycles. The van der Waals surface area contributed by atoms with E-state index in [1.54, 1.807) is 50.2 Å². The molecule has 142 valence electrons. The summed E-state index contributed by atoms with van der Waals surface area (Å²) in [4.78, 5) is 23.2. The average molecular weight is 392 g/mol. The van der Waals surface area contributed by atoms with E-state index < -0.39 is 11.8 Å². The van der Waals surface area contributed by atoms with Gasteiger partial charge < -0.3 is 10.1 Å². The number of carbonyl (C=O) groups excluding carboxylic acids is 2. The highest BCUT2D eigenvalue weighted by molar-refractivity contribution is 6.35. The molecule has 0 saturated heterocycles. The zero-order valence-electron chi connectivity index (χ0n) is 14.8. The van der Waals surface area contributed by atoms with Gasteiger partial charge in [-0.1, -0.05) is 29.8 Å². The first-order valence-electron chi connectivity index (χ1n) is 8.16. The Morgan fingerprint density at radius 1 is 1.22 bits per heavy atom. The summed E-state index contributed by atoms with van der Waals surface area (Å²) < 4.78 is 19.3. The van der Waals surface area contributed by atoms with Crippen molar-refractivity contribution in [3.8, 4) is 5.75 Å². The number of carbonyl (C=O) groups is 2. The van der Waals surface area contributed by atoms with E-state index in [0.717, 1.165) is 0 Å². The maximum atomic E-state index is 13.7. The number of benzene rings is 2. The molecular weight excluding hydrogens is 373 g/mol. The van der Waals surface area contributed by atoms with Gasteiger partial charge in [-0.3, -0.25) is 9.59 Å². The largest absolute Gasteiger partial charge is 0.488 e. The van der Waals surface area contributed by atoms with Gasteiger partial charge in [0.25, 0.3) is 0 Å². The van der Waals surface area contributed by atoms with Gasteiger partial charge in [-0.05, 0) is 38.1 Å². The van der Waals surface area contributed by atoms with Crippen LogP contribution in [-0.4, -0.2) is 24.1 Å². The van der Waals surface area contributed by atoms with Crippen molar-refractivity contribution < 1.29 is 18.7 Å². The summed E-state index contributed by atoms with van der Waals surface area (Å²) in [7, 11) is 0. The second-order valence-electron chi connectivity index (χ2n) is 5.89. The molecule has 0 aliphatic carbocycles. The molecule has 0 atom stereocenters. The molecule has 2 amide bonds. The minimum Gasteiger partial charge on any atom is -0.488 e. The Morgan fingerprint density at radius 3 is 2.67 bits per heavy atom. The van der Waals surface area contributed by atoms with E-state index in [-0.39, 0.29) is 18.5 Å². The first kappa shape index (κ1) is 20.4. The van der Waals surface area contributed by atoms with Crippen LogP contribution in [0.3, 0.4) is 0 Å². The van der Waals surface area contributed by atoms with E-state index in [2.05, 4.69) is 15.8 Å². The Hall–Kier alpha value is -2.93. The highest BCUT2D eigenvalue weighted by Crippen LogP contribution is 2.23. The Balaban J connectivity index is 2.05. The molecule has 0 radical (unpaired) electrons. The molecule has 0 heterocycles. The van der Waals surface area contributed by atoms with Crippen molar-refractivity contribution in [2.24, 2.45) is 5.10 Å². The summed E-state index contributed by atoms with van der Waals surface area (Å²) in [6.45, 7) is 3.48. The molecule has 2 rings (SSSR count). The highest BCUT2D eigenvalue weighted by Gasteiger charge is 2.13. The standard InChI is InChI=1S/C19H19ClFN3O3/c1-12(2)23-18(25)19(26)24-22-10-14-9-15(20)7-8-17(14)27-11-13-5-3-4-6-16(13)21/h3-10,12H,11H2,1-2H3,(H,23,25)(H,24,26)/b22-10-. The van der Waals surface area contributed by atoms with Crippen molar-refractivity contribution in [2.75, 3.05) is 0 Å². The molecule has 0 saturated carbocycles. The van der Waals surface area contributed by atoms with Gasteiger partial charge >= 0.3 is 11.8 Å². The van der Waals surface area contributed by atoms with Crippen LogP contribution in [0, 0.1) is 5.82 Å². The fourth-order valence-corrected chi connectivity index (χ4v) is 2.24. The van der Waals surface area contributed by atoms with Crippen molar-refractivity contribution in [1.29, 1.82) is 0 Å². The Labute approximate surface area is 161 Å². The number of nitrogens with one attached hydrogen (secondary N) is 2. The molecule has 0 aliphatic rings. The van der Waals surface area contributed by atoms with Crippen LogP contribution >= 0.6 is 11.6 Å². The van der Waals surface area contributed by atoms with Crippen molar-refractivity contribution in [3.05, 3.63) is 64.4 Å². The summed E-state index contributed by atoms with van der Waals surface area (Å²) in [6.07, 6.45) is 1.29. The van der Waals surface area contributed by atoms with Gasteiger partial charge in [0.1, 0.15) is 18.2 Å². The van der Waals surface area contributed by atoms with E-state index >= 15 is 0 Å². The number of nitrogens with zero attached hydrogens (tertiary/aromatic N) is 1. The van der Waals surface area contributed by atoms with Crippen LogP contribution in [-0.2, 0) is 16.2 Å². The highest BCUT2D eigenvalue weighted by atomic mass is 35.5. The molecule has 0 aromatic heterocycles. The molecule has 0 bridgehead atoms. The van der Waals surface area contributed by atoms with Crippen molar-refractivity contribution in [3.63, 3.8) is 0 Å². The van der Waals surface area contributed by atoms with E-state index in [0.29, 0.717) is 21.9 Å². The molecule has 2 aromatic rings. The smallest absolute Gasteiger partial charge is 0.329 e. The second-order valence-corrected chi connectivity index (χ2v) is 6.33. The zero-order valence-corrected chi connectivity index (χ0v) is 15.6. The van der Waals surface area contributed by atoms with Gasteiger partial charge in [0.2, 0.25) is 0 Å². The van der Waals surface area contributed by atoms with Crippen LogP contribution in [0.4, 0.5) is 4.39 Å². The summed E-state index contributed by atoms with van der Waals surface area (Å²) in [5.74, 6) is -1.66. The topological polar surface area (TPSA) is 79.8 Å². The van der Waals surface area contributed by atoms with Crippen LogP contribution in [0.25, 0.3) is 0 Å². The number of amides is 2. The first-order valence-corrected chi connectivity index (χ1v) is 8.54. The predicted molar refractivity (Wildman–Crippen MR) is 101 cm³/mol. The SMILES string of the molecule is CC(C)NC(=O)C(=O)N/N=C\c1cc(Cl)ccc1OCc1ccccc1F. The number of rotatable bonds is 6. The number of hydrazone groups is 1. The predicted octanol–water partition coefficient (Wildman–Crippen LogP) is 3.03. The molecule has 0 unspecified atom stereocenters. The summed E-state index contributed by atoms with van der Waals surface area (Å²) in [6, 6.07) is 10.9. The molecular formula is C19H19ClFN3O3.